The van der Waals surface area contributed by atoms with Gasteiger partial charge >= 0.3 is 0 Å². The number of fused-ring (bicyclic) bond motifs is 1. The van der Waals surface area contributed by atoms with Gasteiger partial charge in [-0.15, -0.1) is 0 Å². The van der Waals surface area contributed by atoms with E-state index in [2.05, 4.69) is 56.1 Å². The molecular weight excluding hydrogens is 428 g/mol. The van der Waals surface area contributed by atoms with Gasteiger partial charge in [0.1, 0.15) is 0 Å². The molecule has 0 unspecified atom stereocenters. The van der Waals surface area contributed by atoms with Crippen molar-refractivity contribution < 1.29 is 4.79 Å². The van der Waals surface area contributed by atoms with Crippen molar-refractivity contribution in [2.75, 3.05) is 6.54 Å². The van der Waals surface area contributed by atoms with E-state index in [1.807, 2.05) is 54.4 Å². The van der Waals surface area contributed by atoms with Gasteiger partial charge in [0.15, 0.2) is 0 Å². The van der Waals surface area contributed by atoms with Crippen LogP contribution in [0, 0.1) is 6.92 Å². The molecule has 0 spiro atoms. The fraction of sp³-hybridized carbons (Fsp3) is 0.276. The Morgan fingerprint density at radius 2 is 1.61 bits per heavy atom. The van der Waals surface area contributed by atoms with Gasteiger partial charge in [-0.1, -0.05) is 68.8 Å². The zero-order valence-electron chi connectivity index (χ0n) is 19.8. The first-order valence-corrected chi connectivity index (χ1v) is 11.8. The van der Waals surface area contributed by atoms with Crippen LogP contribution < -0.4 is 0 Å². The van der Waals surface area contributed by atoms with E-state index >= 15 is 0 Å². The Bertz CT molecular complexity index is 1250. The Kier molecular flexibility index (Phi) is 6.62. The third kappa shape index (κ3) is 5.48. The standard InChI is InChI=1S/C29H31ClN2O/c1-20-17-23-13-15-31-27(23)26(18-20)28(33)32(16-14-21-7-11-25(30)12-8-21)19-22-5-9-24(10-6-22)29(2,3)4/h5-13,15,17-18,31H,14,16,19H2,1-4H3. The minimum atomic E-state index is 0.0417. The van der Waals surface area contributed by atoms with Crippen molar-refractivity contribution in [1.82, 2.24) is 9.88 Å². The first-order chi connectivity index (χ1) is 15.7. The second-order valence-corrected chi connectivity index (χ2v) is 10.2. The highest BCUT2D eigenvalue weighted by molar-refractivity contribution is 6.30. The van der Waals surface area contributed by atoms with Gasteiger partial charge in [0.25, 0.3) is 5.91 Å². The van der Waals surface area contributed by atoms with Crippen LogP contribution >= 0.6 is 11.6 Å². The Balaban J connectivity index is 1.63. The predicted molar refractivity (Wildman–Crippen MR) is 138 cm³/mol. The number of halogens is 1. The summed E-state index contributed by atoms with van der Waals surface area (Å²) in [4.78, 5) is 19.0. The van der Waals surface area contributed by atoms with Crippen LogP contribution in [0.15, 0.2) is 72.9 Å². The maximum atomic E-state index is 13.8. The van der Waals surface area contributed by atoms with E-state index in [9.17, 15) is 4.79 Å². The molecule has 0 bridgehead atoms. The van der Waals surface area contributed by atoms with Crippen LogP contribution in [0.2, 0.25) is 5.02 Å². The first-order valence-electron chi connectivity index (χ1n) is 11.4. The van der Waals surface area contributed by atoms with Crippen LogP contribution in [0.25, 0.3) is 10.9 Å². The lowest BCUT2D eigenvalue weighted by Gasteiger charge is -2.25. The molecule has 0 atom stereocenters. The lowest BCUT2D eigenvalue weighted by molar-refractivity contribution is 0.0747. The van der Waals surface area contributed by atoms with Crippen LogP contribution in [-0.4, -0.2) is 22.3 Å². The molecular formula is C29H31ClN2O. The molecule has 3 aromatic carbocycles. The summed E-state index contributed by atoms with van der Waals surface area (Å²) in [7, 11) is 0. The highest BCUT2D eigenvalue weighted by Gasteiger charge is 2.20. The van der Waals surface area contributed by atoms with Crippen molar-refractivity contribution >= 4 is 28.4 Å². The molecule has 1 N–H and O–H groups in total. The number of H-pyrrole nitrogens is 1. The van der Waals surface area contributed by atoms with Crippen LogP contribution in [0.5, 0.6) is 0 Å². The zero-order chi connectivity index (χ0) is 23.6. The highest BCUT2D eigenvalue weighted by atomic mass is 35.5. The summed E-state index contributed by atoms with van der Waals surface area (Å²) in [6.45, 7) is 9.85. The van der Waals surface area contributed by atoms with Crippen molar-refractivity contribution in [3.05, 3.63) is 106 Å². The number of carbonyl (C=O) groups is 1. The summed E-state index contributed by atoms with van der Waals surface area (Å²) in [5, 5.41) is 1.78. The SMILES string of the molecule is Cc1cc(C(=O)N(CCc2ccc(Cl)cc2)Cc2ccc(C(C)(C)C)cc2)c2[nH]ccc2c1. The van der Waals surface area contributed by atoms with E-state index in [0.29, 0.717) is 13.1 Å². The van der Waals surface area contributed by atoms with Gasteiger partial charge in [-0.2, -0.15) is 0 Å². The number of nitrogens with one attached hydrogen (secondary N) is 1. The number of hydrogen-bond acceptors (Lipinski definition) is 1. The molecule has 4 rings (SSSR count). The molecule has 170 valence electrons. The van der Waals surface area contributed by atoms with Gasteiger partial charge in [-0.25, -0.2) is 0 Å². The molecule has 0 aliphatic carbocycles. The Hall–Kier alpha value is -3.04. The molecule has 4 aromatic rings. The minimum absolute atomic E-state index is 0.0417. The Labute approximate surface area is 201 Å². The van der Waals surface area contributed by atoms with Crippen molar-refractivity contribution in [1.29, 1.82) is 0 Å². The van der Waals surface area contributed by atoms with Gasteiger partial charge in [-0.05, 0) is 71.3 Å². The maximum absolute atomic E-state index is 13.8. The largest absolute Gasteiger partial charge is 0.361 e. The van der Waals surface area contributed by atoms with Crippen LogP contribution in [0.1, 0.15) is 53.4 Å². The monoisotopic (exact) mass is 458 g/mol. The van der Waals surface area contributed by atoms with Crippen molar-refractivity contribution in [3.63, 3.8) is 0 Å². The molecule has 0 aliphatic rings. The maximum Gasteiger partial charge on any atom is 0.256 e. The van der Waals surface area contributed by atoms with Crippen molar-refractivity contribution in [2.45, 2.75) is 46.1 Å². The first kappa shape index (κ1) is 23.1. The molecule has 0 saturated carbocycles. The van der Waals surface area contributed by atoms with Gasteiger partial charge in [0.05, 0.1) is 11.1 Å². The number of aromatic amines is 1. The minimum Gasteiger partial charge on any atom is -0.361 e. The number of amides is 1. The van der Waals surface area contributed by atoms with Gasteiger partial charge in [0, 0.05) is 29.7 Å². The summed E-state index contributed by atoms with van der Waals surface area (Å²) >= 11 is 6.05. The number of carbonyl (C=O) groups excluding carboxylic acids is 1. The van der Waals surface area contributed by atoms with Crippen LogP contribution in [0.4, 0.5) is 0 Å². The number of rotatable bonds is 6. The van der Waals surface area contributed by atoms with Crippen molar-refractivity contribution in [2.24, 2.45) is 0 Å². The summed E-state index contributed by atoms with van der Waals surface area (Å²) in [6.07, 6.45) is 2.66. The number of nitrogens with zero attached hydrogens (tertiary/aromatic N) is 1. The molecule has 1 heterocycles. The molecule has 33 heavy (non-hydrogen) atoms. The number of aromatic nitrogens is 1. The topological polar surface area (TPSA) is 36.1 Å². The second-order valence-electron chi connectivity index (χ2n) is 9.80. The van der Waals surface area contributed by atoms with Crippen LogP contribution in [0.3, 0.4) is 0 Å². The normalized spacial score (nSPS) is 11.7. The third-order valence-electron chi connectivity index (χ3n) is 6.10. The third-order valence-corrected chi connectivity index (χ3v) is 6.35. The van der Waals surface area contributed by atoms with E-state index in [1.165, 1.54) is 5.56 Å². The zero-order valence-corrected chi connectivity index (χ0v) is 20.5. The van der Waals surface area contributed by atoms with Crippen LogP contribution in [-0.2, 0) is 18.4 Å². The molecule has 4 heteroatoms. The fourth-order valence-electron chi connectivity index (χ4n) is 4.16. The number of aryl methyl sites for hydroxylation is 1. The predicted octanol–water partition coefficient (Wildman–Crippen LogP) is 7.31. The summed E-state index contributed by atoms with van der Waals surface area (Å²) in [5.74, 6) is 0.0417. The van der Waals surface area contributed by atoms with Crippen molar-refractivity contribution in [3.8, 4) is 0 Å². The number of benzene rings is 3. The molecule has 3 nitrogen and oxygen atoms in total. The van der Waals surface area contributed by atoms with E-state index in [1.54, 1.807) is 0 Å². The molecule has 0 aliphatic heterocycles. The van der Waals surface area contributed by atoms with E-state index < -0.39 is 0 Å². The van der Waals surface area contributed by atoms with Gasteiger partial charge < -0.3 is 9.88 Å². The van der Waals surface area contributed by atoms with Gasteiger partial charge in [0.2, 0.25) is 0 Å². The summed E-state index contributed by atoms with van der Waals surface area (Å²) in [6, 6.07) is 22.6. The lowest BCUT2D eigenvalue weighted by Crippen LogP contribution is -2.32. The fourth-order valence-corrected chi connectivity index (χ4v) is 4.28. The smallest absolute Gasteiger partial charge is 0.256 e. The van der Waals surface area contributed by atoms with E-state index in [4.69, 9.17) is 11.6 Å². The van der Waals surface area contributed by atoms with Gasteiger partial charge in [-0.3, -0.25) is 4.79 Å². The molecule has 1 amide bonds. The molecule has 0 saturated heterocycles. The average molecular weight is 459 g/mol. The molecule has 1 aromatic heterocycles. The second kappa shape index (κ2) is 9.44. The Morgan fingerprint density at radius 1 is 0.939 bits per heavy atom. The highest BCUT2D eigenvalue weighted by Crippen LogP contribution is 2.25. The van der Waals surface area contributed by atoms with E-state index in [0.717, 1.165) is 44.6 Å². The quantitative estimate of drug-likeness (QED) is 0.323. The Morgan fingerprint density at radius 3 is 2.27 bits per heavy atom. The lowest BCUT2D eigenvalue weighted by atomic mass is 9.87. The van der Waals surface area contributed by atoms with E-state index in [-0.39, 0.29) is 11.3 Å². The molecule has 0 fully saturated rings. The summed E-state index contributed by atoms with van der Waals surface area (Å²) in [5.41, 5.74) is 6.37. The molecule has 0 radical (unpaired) electrons. The number of hydrogen-bond donors (Lipinski definition) is 1. The average Bonchev–Trinajstić information content (AvgIpc) is 3.25. The summed E-state index contributed by atoms with van der Waals surface area (Å²) < 4.78 is 0.